The minimum Gasteiger partial charge on any atom is -0.497 e. The number of benzene rings is 1. The Morgan fingerprint density at radius 2 is 2.20 bits per heavy atom. The maximum Gasteiger partial charge on any atom is 0.250 e. The van der Waals surface area contributed by atoms with Gasteiger partial charge in [0, 0.05) is 0 Å². The lowest BCUT2D eigenvalue weighted by Gasteiger charge is -2.05. The van der Waals surface area contributed by atoms with E-state index in [1.807, 2.05) is 24.3 Å². The number of alkyl halides is 2. The maximum absolute atomic E-state index is 11.8. The van der Waals surface area contributed by atoms with Gasteiger partial charge in [-0.1, -0.05) is 12.1 Å². The van der Waals surface area contributed by atoms with Gasteiger partial charge in [-0.2, -0.15) is 0 Å². The molecular weight excluding hydrogens is 200 g/mol. The van der Waals surface area contributed by atoms with Crippen LogP contribution in [0.1, 0.15) is 5.56 Å². The fourth-order valence-corrected chi connectivity index (χ4v) is 1.27. The third kappa shape index (κ3) is 4.74. The summed E-state index contributed by atoms with van der Waals surface area (Å²) in [7, 11) is 1.61. The SMILES string of the molecule is COc1cccc(CCNCC(F)F)c1. The van der Waals surface area contributed by atoms with Gasteiger partial charge in [0.1, 0.15) is 5.75 Å². The third-order valence-electron chi connectivity index (χ3n) is 2.02. The van der Waals surface area contributed by atoms with Gasteiger partial charge in [0.15, 0.2) is 0 Å². The van der Waals surface area contributed by atoms with Gasteiger partial charge in [0.05, 0.1) is 13.7 Å². The lowest BCUT2D eigenvalue weighted by molar-refractivity contribution is 0.146. The second-order valence-corrected chi connectivity index (χ2v) is 3.20. The van der Waals surface area contributed by atoms with Crippen molar-refractivity contribution in [2.45, 2.75) is 12.8 Å². The molecule has 84 valence electrons. The van der Waals surface area contributed by atoms with Crippen LogP contribution in [0, 0.1) is 0 Å². The molecular formula is C11H15F2NO. The molecule has 1 aromatic carbocycles. The number of rotatable bonds is 6. The Hall–Kier alpha value is -1.16. The zero-order valence-corrected chi connectivity index (χ0v) is 8.67. The van der Waals surface area contributed by atoms with Crippen LogP contribution in [0.3, 0.4) is 0 Å². The van der Waals surface area contributed by atoms with Gasteiger partial charge in [0.25, 0.3) is 6.43 Å². The first-order valence-electron chi connectivity index (χ1n) is 4.84. The van der Waals surface area contributed by atoms with Crippen LogP contribution in [0.25, 0.3) is 0 Å². The Morgan fingerprint density at radius 1 is 1.40 bits per heavy atom. The Balaban J connectivity index is 2.30. The zero-order valence-electron chi connectivity index (χ0n) is 8.67. The van der Waals surface area contributed by atoms with E-state index in [4.69, 9.17) is 4.74 Å². The number of hydrogen-bond donors (Lipinski definition) is 1. The number of hydrogen-bond acceptors (Lipinski definition) is 2. The van der Waals surface area contributed by atoms with E-state index in [-0.39, 0.29) is 6.54 Å². The van der Waals surface area contributed by atoms with Crippen molar-refractivity contribution in [1.29, 1.82) is 0 Å². The van der Waals surface area contributed by atoms with Crippen molar-refractivity contribution in [3.05, 3.63) is 29.8 Å². The molecule has 4 heteroatoms. The topological polar surface area (TPSA) is 21.3 Å². The Labute approximate surface area is 88.3 Å². The quantitative estimate of drug-likeness (QED) is 0.734. The molecule has 0 spiro atoms. The fraction of sp³-hybridized carbons (Fsp3) is 0.455. The molecule has 0 atom stereocenters. The second-order valence-electron chi connectivity index (χ2n) is 3.20. The molecule has 0 amide bonds. The van der Waals surface area contributed by atoms with Crippen molar-refractivity contribution in [2.75, 3.05) is 20.2 Å². The molecule has 0 aromatic heterocycles. The standard InChI is InChI=1S/C11H15F2NO/c1-15-10-4-2-3-9(7-10)5-6-14-8-11(12)13/h2-4,7,11,14H,5-6,8H2,1H3. The van der Waals surface area contributed by atoms with Crippen molar-refractivity contribution < 1.29 is 13.5 Å². The zero-order chi connectivity index (χ0) is 11.1. The van der Waals surface area contributed by atoms with E-state index in [0.717, 1.165) is 17.7 Å². The monoisotopic (exact) mass is 215 g/mol. The van der Waals surface area contributed by atoms with E-state index < -0.39 is 6.43 Å². The normalized spacial score (nSPS) is 10.7. The molecule has 0 heterocycles. The summed E-state index contributed by atoms with van der Waals surface area (Å²) in [4.78, 5) is 0. The van der Waals surface area contributed by atoms with Gasteiger partial charge in [-0.15, -0.1) is 0 Å². The van der Waals surface area contributed by atoms with Gasteiger partial charge >= 0.3 is 0 Å². The van der Waals surface area contributed by atoms with Crippen LogP contribution in [0.15, 0.2) is 24.3 Å². The van der Waals surface area contributed by atoms with Crippen LogP contribution in [0.4, 0.5) is 8.78 Å². The predicted molar refractivity (Wildman–Crippen MR) is 55.6 cm³/mol. The summed E-state index contributed by atoms with van der Waals surface area (Å²) in [6.45, 7) is 0.307. The van der Waals surface area contributed by atoms with Crippen molar-refractivity contribution in [2.24, 2.45) is 0 Å². The van der Waals surface area contributed by atoms with Gasteiger partial charge in [-0.3, -0.25) is 0 Å². The highest BCUT2D eigenvalue weighted by molar-refractivity contribution is 5.28. The third-order valence-corrected chi connectivity index (χ3v) is 2.02. The minimum atomic E-state index is -2.28. The van der Waals surface area contributed by atoms with Crippen molar-refractivity contribution >= 4 is 0 Å². The highest BCUT2D eigenvalue weighted by atomic mass is 19.3. The van der Waals surface area contributed by atoms with E-state index in [1.165, 1.54) is 0 Å². The smallest absolute Gasteiger partial charge is 0.250 e. The van der Waals surface area contributed by atoms with Crippen LogP contribution in [-0.4, -0.2) is 26.6 Å². The number of ether oxygens (including phenoxy) is 1. The molecule has 0 bridgehead atoms. The Kier molecular flexibility index (Phi) is 5.04. The van der Waals surface area contributed by atoms with Crippen molar-refractivity contribution in [3.63, 3.8) is 0 Å². The summed E-state index contributed by atoms with van der Waals surface area (Å²) in [6, 6.07) is 7.61. The molecule has 2 nitrogen and oxygen atoms in total. The summed E-state index contributed by atoms with van der Waals surface area (Å²) in [5.41, 5.74) is 1.08. The average Bonchev–Trinajstić information content (AvgIpc) is 2.24. The Bertz CT molecular complexity index is 292. The largest absolute Gasteiger partial charge is 0.497 e. The first kappa shape index (κ1) is 11.9. The molecule has 0 aliphatic rings. The molecule has 0 fully saturated rings. The van der Waals surface area contributed by atoms with Gasteiger partial charge in [-0.05, 0) is 30.7 Å². The van der Waals surface area contributed by atoms with Gasteiger partial charge < -0.3 is 10.1 Å². The molecule has 1 aromatic rings. The molecule has 15 heavy (non-hydrogen) atoms. The summed E-state index contributed by atoms with van der Waals surface area (Å²) in [5, 5.41) is 2.68. The molecule has 0 radical (unpaired) electrons. The summed E-state index contributed by atoms with van der Waals surface area (Å²) >= 11 is 0. The van der Waals surface area contributed by atoms with Crippen LogP contribution in [0.2, 0.25) is 0 Å². The number of halogens is 2. The van der Waals surface area contributed by atoms with E-state index in [0.29, 0.717) is 6.54 Å². The fourth-order valence-electron chi connectivity index (χ4n) is 1.27. The van der Waals surface area contributed by atoms with Crippen molar-refractivity contribution in [1.82, 2.24) is 5.32 Å². The highest BCUT2D eigenvalue weighted by Crippen LogP contribution is 2.12. The molecule has 1 rings (SSSR count). The molecule has 0 aliphatic carbocycles. The lowest BCUT2D eigenvalue weighted by atomic mass is 10.1. The first-order chi connectivity index (χ1) is 7.22. The Morgan fingerprint density at radius 3 is 2.87 bits per heavy atom. The van der Waals surface area contributed by atoms with Gasteiger partial charge in [-0.25, -0.2) is 8.78 Å². The molecule has 0 saturated carbocycles. The first-order valence-corrected chi connectivity index (χ1v) is 4.84. The minimum absolute atomic E-state index is 0.246. The summed E-state index contributed by atoms with van der Waals surface area (Å²) in [5.74, 6) is 0.793. The number of nitrogens with one attached hydrogen (secondary N) is 1. The maximum atomic E-state index is 11.8. The number of methoxy groups -OCH3 is 1. The summed E-state index contributed by atoms with van der Waals surface area (Å²) < 4.78 is 28.7. The highest BCUT2D eigenvalue weighted by Gasteiger charge is 2.00. The van der Waals surface area contributed by atoms with E-state index in [9.17, 15) is 8.78 Å². The predicted octanol–water partition coefficient (Wildman–Crippen LogP) is 2.09. The van der Waals surface area contributed by atoms with Crippen LogP contribution >= 0.6 is 0 Å². The molecule has 0 aliphatic heterocycles. The molecule has 0 unspecified atom stereocenters. The molecule has 0 saturated heterocycles. The van der Waals surface area contributed by atoms with Crippen LogP contribution < -0.4 is 10.1 Å². The van der Waals surface area contributed by atoms with E-state index >= 15 is 0 Å². The van der Waals surface area contributed by atoms with Crippen LogP contribution in [0.5, 0.6) is 5.75 Å². The molecule has 1 N–H and O–H groups in total. The lowest BCUT2D eigenvalue weighted by Crippen LogP contribution is -2.23. The summed E-state index contributed by atoms with van der Waals surface area (Å²) in [6.07, 6.45) is -1.56. The van der Waals surface area contributed by atoms with E-state index in [2.05, 4.69) is 5.32 Å². The second kappa shape index (κ2) is 6.35. The average molecular weight is 215 g/mol. The van der Waals surface area contributed by atoms with Crippen molar-refractivity contribution in [3.8, 4) is 5.75 Å². The van der Waals surface area contributed by atoms with Crippen LogP contribution in [-0.2, 0) is 6.42 Å². The van der Waals surface area contributed by atoms with E-state index in [1.54, 1.807) is 7.11 Å². The van der Waals surface area contributed by atoms with Gasteiger partial charge in [0.2, 0.25) is 0 Å².